The molecule has 4 heteroatoms. The molecule has 3 heterocycles. The number of hydrogen-bond donors (Lipinski definition) is 0. The summed E-state index contributed by atoms with van der Waals surface area (Å²) in [6.07, 6.45) is 0. The van der Waals surface area contributed by atoms with Gasteiger partial charge < -0.3 is 9.32 Å². The number of anilines is 3. The highest BCUT2D eigenvalue weighted by molar-refractivity contribution is 7.26. The van der Waals surface area contributed by atoms with Crippen LogP contribution in [0.2, 0.25) is 0 Å². The number of para-hydroxylation sites is 1. The Kier molecular flexibility index (Phi) is 5.06. The van der Waals surface area contributed by atoms with Crippen molar-refractivity contribution in [3.05, 3.63) is 140 Å². The van der Waals surface area contributed by atoms with Crippen LogP contribution in [0.15, 0.2) is 144 Å². The van der Waals surface area contributed by atoms with Gasteiger partial charge in [0.15, 0.2) is 0 Å². The third kappa shape index (κ3) is 3.41. The van der Waals surface area contributed by atoms with E-state index in [-0.39, 0.29) is 0 Å². The summed E-state index contributed by atoms with van der Waals surface area (Å²) in [7, 11) is 0. The Morgan fingerprint density at radius 1 is 0.455 bits per heavy atom. The van der Waals surface area contributed by atoms with Gasteiger partial charge in [-0.15, -0.1) is 22.7 Å². The van der Waals surface area contributed by atoms with Gasteiger partial charge in [0, 0.05) is 57.8 Å². The van der Waals surface area contributed by atoms with E-state index >= 15 is 0 Å². The van der Waals surface area contributed by atoms with Crippen LogP contribution in [0.1, 0.15) is 0 Å². The van der Waals surface area contributed by atoms with E-state index in [1.54, 1.807) is 0 Å². The summed E-state index contributed by atoms with van der Waals surface area (Å²) < 4.78 is 11.8. The molecule has 44 heavy (non-hydrogen) atoms. The van der Waals surface area contributed by atoms with Crippen LogP contribution in [0.3, 0.4) is 0 Å². The van der Waals surface area contributed by atoms with E-state index in [0.717, 1.165) is 22.5 Å². The summed E-state index contributed by atoms with van der Waals surface area (Å²) in [5.41, 5.74) is 5.36. The van der Waals surface area contributed by atoms with E-state index in [2.05, 4.69) is 144 Å². The number of nitrogens with zero attached hydrogens (tertiary/aromatic N) is 1. The van der Waals surface area contributed by atoms with Gasteiger partial charge in [0.1, 0.15) is 11.2 Å². The highest BCUT2D eigenvalue weighted by atomic mass is 32.1. The normalized spacial score (nSPS) is 12.1. The van der Waals surface area contributed by atoms with Crippen molar-refractivity contribution in [1.82, 2.24) is 0 Å². The van der Waals surface area contributed by atoms with Crippen molar-refractivity contribution in [2.24, 2.45) is 0 Å². The Balaban J connectivity index is 1.25. The molecule has 2 nitrogen and oxygen atoms in total. The van der Waals surface area contributed by atoms with Crippen LogP contribution in [0, 0.1) is 0 Å². The smallest absolute Gasteiger partial charge is 0.144 e. The zero-order valence-corrected chi connectivity index (χ0v) is 25.1. The van der Waals surface area contributed by atoms with Crippen LogP contribution in [-0.2, 0) is 0 Å². The van der Waals surface area contributed by atoms with Crippen LogP contribution >= 0.6 is 22.7 Å². The van der Waals surface area contributed by atoms with Crippen molar-refractivity contribution in [2.45, 2.75) is 0 Å². The molecule has 10 aromatic rings. The average molecular weight is 598 g/mol. The van der Waals surface area contributed by atoms with E-state index in [4.69, 9.17) is 4.42 Å². The molecule has 0 aliphatic carbocycles. The second-order valence-electron chi connectivity index (χ2n) is 11.3. The monoisotopic (exact) mass is 597 g/mol. The second kappa shape index (κ2) is 9.17. The first-order chi connectivity index (χ1) is 21.8. The Morgan fingerprint density at radius 3 is 2.16 bits per heavy atom. The van der Waals surface area contributed by atoms with Gasteiger partial charge in [-0.1, -0.05) is 84.9 Å². The number of hydrogen-bond acceptors (Lipinski definition) is 4. The lowest BCUT2D eigenvalue weighted by Crippen LogP contribution is -2.09. The lowest BCUT2D eigenvalue weighted by molar-refractivity contribution is 0.673. The van der Waals surface area contributed by atoms with Gasteiger partial charge >= 0.3 is 0 Å². The summed E-state index contributed by atoms with van der Waals surface area (Å²) in [6, 6.07) is 50.4. The van der Waals surface area contributed by atoms with Crippen molar-refractivity contribution in [1.29, 1.82) is 0 Å². The van der Waals surface area contributed by atoms with Crippen molar-refractivity contribution in [3.8, 4) is 0 Å². The van der Waals surface area contributed by atoms with Gasteiger partial charge in [-0.3, -0.25) is 0 Å². The first-order valence-corrected chi connectivity index (χ1v) is 16.4. The molecule has 0 bridgehead atoms. The Hall–Kier alpha value is -5.16. The highest BCUT2D eigenvalue weighted by Gasteiger charge is 2.21. The molecule has 7 aromatic carbocycles. The van der Waals surface area contributed by atoms with Gasteiger partial charge in [-0.05, 0) is 65.4 Å². The fourth-order valence-corrected chi connectivity index (χ4v) is 9.25. The number of furan rings is 1. The number of rotatable bonds is 3. The molecule has 0 spiro atoms. The maximum Gasteiger partial charge on any atom is 0.144 e. The standard InChI is InChI=1S/C40H23NOS2/c1-2-10-25(11-3-1)41(26-18-19-29-28-13-6-7-16-34(28)43-36(29)23-26)32-15-8-14-31-38-35(44-40(31)32)22-20-30-37-27-12-5-4-9-24(27)17-21-33(37)42-39(30)38/h1-23H. The van der Waals surface area contributed by atoms with Crippen LogP contribution in [0.25, 0.3) is 73.1 Å². The Morgan fingerprint density at radius 2 is 1.23 bits per heavy atom. The van der Waals surface area contributed by atoms with Crippen LogP contribution < -0.4 is 4.90 Å². The molecule has 0 radical (unpaired) electrons. The molecule has 0 fully saturated rings. The molecule has 0 unspecified atom stereocenters. The van der Waals surface area contributed by atoms with Crippen molar-refractivity contribution in [3.63, 3.8) is 0 Å². The van der Waals surface area contributed by atoms with E-state index in [1.807, 2.05) is 22.7 Å². The van der Waals surface area contributed by atoms with Gasteiger partial charge in [0.2, 0.25) is 0 Å². The largest absolute Gasteiger partial charge is 0.455 e. The van der Waals surface area contributed by atoms with Gasteiger partial charge in [0.05, 0.1) is 10.4 Å². The summed E-state index contributed by atoms with van der Waals surface area (Å²) in [4.78, 5) is 2.41. The lowest BCUT2D eigenvalue weighted by atomic mass is 10.0. The third-order valence-electron chi connectivity index (χ3n) is 8.84. The summed E-state index contributed by atoms with van der Waals surface area (Å²) in [6.45, 7) is 0. The number of fused-ring (bicyclic) bond motifs is 12. The summed E-state index contributed by atoms with van der Waals surface area (Å²) in [5, 5.41) is 9.87. The molecule has 0 aliphatic rings. The van der Waals surface area contributed by atoms with Gasteiger partial charge in [-0.25, -0.2) is 0 Å². The molecule has 0 N–H and O–H groups in total. The van der Waals surface area contributed by atoms with E-state index < -0.39 is 0 Å². The lowest BCUT2D eigenvalue weighted by Gasteiger charge is -2.26. The molecule has 0 saturated carbocycles. The maximum atomic E-state index is 6.68. The minimum absolute atomic E-state index is 0.934. The third-order valence-corrected chi connectivity index (χ3v) is 11.2. The fourth-order valence-electron chi connectivity index (χ4n) is 6.90. The van der Waals surface area contributed by atoms with E-state index in [1.165, 1.54) is 67.6 Å². The minimum Gasteiger partial charge on any atom is -0.455 e. The van der Waals surface area contributed by atoms with Crippen molar-refractivity contribution < 1.29 is 4.42 Å². The zero-order chi connectivity index (χ0) is 28.8. The van der Waals surface area contributed by atoms with E-state index in [9.17, 15) is 0 Å². The van der Waals surface area contributed by atoms with E-state index in [0.29, 0.717) is 0 Å². The Bertz CT molecular complexity index is 2730. The quantitative estimate of drug-likeness (QED) is 0.201. The molecule has 0 atom stereocenters. The van der Waals surface area contributed by atoms with Gasteiger partial charge in [0.25, 0.3) is 0 Å². The average Bonchev–Trinajstić information content (AvgIpc) is 3.76. The summed E-state index contributed by atoms with van der Waals surface area (Å²) >= 11 is 3.70. The molecule has 206 valence electrons. The first kappa shape index (κ1) is 24.3. The molecule has 0 saturated heterocycles. The van der Waals surface area contributed by atoms with Crippen LogP contribution in [-0.4, -0.2) is 0 Å². The topological polar surface area (TPSA) is 16.4 Å². The molecule has 0 amide bonds. The fraction of sp³-hybridized carbons (Fsp3) is 0. The molecule has 10 rings (SSSR count). The first-order valence-electron chi connectivity index (χ1n) is 14.8. The predicted molar refractivity (Wildman–Crippen MR) is 192 cm³/mol. The Labute approximate surface area is 260 Å². The SMILES string of the molecule is c1ccc(N(c2ccc3c(c2)sc2ccccc23)c2cccc3c2sc2ccc4c(oc5ccc6ccccc6c54)c23)cc1. The maximum absolute atomic E-state index is 6.68. The van der Waals surface area contributed by atoms with Crippen molar-refractivity contribution >= 4 is 113 Å². The van der Waals surface area contributed by atoms with Crippen LogP contribution in [0.4, 0.5) is 17.1 Å². The second-order valence-corrected chi connectivity index (χ2v) is 13.4. The predicted octanol–water partition coefficient (Wildman–Crippen LogP) is 12.9. The zero-order valence-electron chi connectivity index (χ0n) is 23.5. The van der Waals surface area contributed by atoms with Crippen molar-refractivity contribution in [2.75, 3.05) is 4.90 Å². The molecule has 3 aromatic heterocycles. The highest BCUT2D eigenvalue weighted by Crippen LogP contribution is 2.49. The van der Waals surface area contributed by atoms with Crippen LogP contribution in [0.5, 0.6) is 0 Å². The molecular weight excluding hydrogens is 575 g/mol. The van der Waals surface area contributed by atoms with Gasteiger partial charge in [-0.2, -0.15) is 0 Å². The summed E-state index contributed by atoms with van der Waals surface area (Å²) in [5.74, 6) is 0. The number of thiophene rings is 2. The molecule has 0 aliphatic heterocycles. The minimum atomic E-state index is 0.934. The molecular formula is C40H23NOS2. The number of benzene rings is 7.